The van der Waals surface area contributed by atoms with Gasteiger partial charge in [-0.15, -0.1) is 0 Å². The van der Waals surface area contributed by atoms with Crippen molar-refractivity contribution in [2.24, 2.45) is 0 Å². The quantitative estimate of drug-likeness (QED) is 0.632. The normalized spacial score (nSPS) is 13.4. The summed E-state index contributed by atoms with van der Waals surface area (Å²) in [6.07, 6.45) is 1.37. The first-order chi connectivity index (χ1) is 6.84. The number of fused-ring (bicyclic) bond motifs is 2. The molecule has 0 aliphatic carbocycles. The highest BCUT2D eigenvalue weighted by Gasteiger charge is 2.15. The van der Waals surface area contributed by atoms with Crippen molar-refractivity contribution >= 4 is 10.8 Å². The summed E-state index contributed by atoms with van der Waals surface area (Å²) >= 11 is 0. The number of ether oxygens (including phenoxy) is 2. The average molecular weight is 190 g/mol. The number of rotatable bonds is 0. The molecular formula is C10H6O4. The lowest BCUT2D eigenvalue weighted by Gasteiger charge is -1.98. The van der Waals surface area contributed by atoms with Crippen LogP contribution in [0.2, 0.25) is 0 Å². The maximum absolute atomic E-state index is 11.3. The van der Waals surface area contributed by atoms with Crippen molar-refractivity contribution in [2.75, 3.05) is 6.79 Å². The van der Waals surface area contributed by atoms with Crippen LogP contribution >= 0.6 is 0 Å². The maximum atomic E-state index is 11.3. The minimum Gasteiger partial charge on any atom is -0.454 e. The van der Waals surface area contributed by atoms with E-state index in [1.54, 1.807) is 18.2 Å². The molecule has 0 saturated carbocycles. The Bertz CT molecular complexity index is 556. The summed E-state index contributed by atoms with van der Waals surface area (Å²) in [6.45, 7) is 0.205. The number of hydrogen-bond acceptors (Lipinski definition) is 4. The van der Waals surface area contributed by atoms with Gasteiger partial charge in [-0.1, -0.05) is 0 Å². The molecule has 0 bridgehead atoms. The average Bonchev–Trinajstić information content (AvgIpc) is 2.62. The zero-order valence-electron chi connectivity index (χ0n) is 7.15. The molecule has 0 amide bonds. The third-order valence-electron chi connectivity index (χ3n) is 2.19. The lowest BCUT2D eigenvalue weighted by Crippen LogP contribution is -1.97. The van der Waals surface area contributed by atoms with Gasteiger partial charge < -0.3 is 13.9 Å². The molecule has 70 valence electrons. The van der Waals surface area contributed by atoms with Crippen molar-refractivity contribution in [3.63, 3.8) is 0 Å². The SMILES string of the molecule is O=c1occc2cc3c(cc12)OCO3. The fourth-order valence-corrected chi connectivity index (χ4v) is 1.50. The molecule has 4 nitrogen and oxygen atoms in total. The van der Waals surface area contributed by atoms with Crippen molar-refractivity contribution < 1.29 is 13.9 Å². The first-order valence-corrected chi connectivity index (χ1v) is 4.16. The van der Waals surface area contributed by atoms with Crippen LogP contribution in [0.1, 0.15) is 0 Å². The second kappa shape index (κ2) is 2.51. The van der Waals surface area contributed by atoms with E-state index in [2.05, 4.69) is 0 Å². The van der Waals surface area contributed by atoms with E-state index >= 15 is 0 Å². The Morgan fingerprint density at radius 1 is 1.14 bits per heavy atom. The van der Waals surface area contributed by atoms with Gasteiger partial charge in [-0.2, -0.15) is 0 Å². The molecule has 0 radical (unpaired) electrons. The van der Waals surface area contributed by atoms with Crippen molar-refractivity contribution in [3.05, 3.63) is 34.9 Å². The molecule has 3 rings (SSSR count). The fraction of sp³-hybridized carbons (Fsp3) is 0.100. The van der Waals surface area contributed by atoms with Crippen LogP contribution in [0.4, 0.5) is 0 Å². The molecule has 1 aliphatic heterocycles. The monoisotopic (exact) mass is 190 g/mol. The summed E-state index contributed by atoms with van der Waals surface area (Å²) in [6, 6.07) is 5.14. The Kier molecular flexibility index (Phi) is 1.33. The highest BCUT2D eigenvalue weighted by Crippen LogP contribution is 2.34. The Morgan fingerprint density at radius 3 is 2.79 bits per heavy atom. The van der Waals surface area contributed by atoms with Gasteiger partial charge in [0.25, 0.3) is 0 Å². The first-order valence-electron chi connectivity index (χ1n) is 4.16. The molecule has 2 aromatic rings. The van der Waals surface area contributed by atoms with Crippen LogP contribution < -0.4 is 15.1 Å². The zero-order valence-corrected chi connectivity index (χ0v) is 7.15. The molecule has 1 aliphatic rings. The topological polar surface area (TPSA) is 48.7 Å². The van der Waals surface area contributed by atoms with E-state index in [1.165, 1.54) is 6.26 Å². The van der Waals surface area contributed by atoms with Crippen LogP contribution in [0.3, 0.4) is 0 Å². The predicted octanol–water partition coefficient (Wildman–Crippen LogP) is 1.52. The smallest absolute Gasteiger partial charge is 0.343 e. The van der Waals surface area contributed by atoms with E-state index in [0.29, 0.717) is 16.9 Å². The largest absolute Gasteiger partial charge is 0.454 e. The van der Waals surface area contributed by atoms with Gasteiger partial charge in [0.2, 0.25) is 6.79 Å². The predicted molar refractivity (Wildman–Crippen MR) is 48.6 cm³/mol. The first kappa shape index (κ1) is 7.44. The van der Waals surface area contributed by atoms with Crippen molar-refractivity contribution in [1.82, 2.24) is 0 Å². The van der Waals surface area contributed by atoms with Crippen LogP contribution in [-0.2, 0) is 0 Å². The Balaban J connectivity index is 2.45. The van der Waals surface area contributed by atoms with E-state index in [4.69, 9.17) is 13.9 Å². The molecule has 0 saturated heterocycles. The van der Waals surface area contributed by atoms with E-state index in [1.807, 2.05) is 0 Å². The van der Waals surface area contributed by atoms with Crippen LogP contribution in [0, 0.1) is 0 Å². The van der Waals surface area contributed by atoms with Gasteiger partial charge in [-0.3, -0.25) is 0 Å². The molecule has 0 spiro atoms. The summed E-state index contributed by atoms with van der Waals surface area (Å²) < 4.78 is 15.1. The van der Waals surface area contributed by atoms with Gasteiger partial charge in [0.15, 0.2) is 11.5 Å². The van der Waals surface area contributed by atoms with Gasteiger partial charge >= 0.3 is 5.63 Å². The molecule has 2 heterocycles. The molecule has 0 N–H and O–H groups in total. The Labute approximate surface area is 78.7 Å². The lowest BCUT2D eigenvalue weighted by atomic mass is 10.1. The van der Waals surface area contributed by atoms with Crippen molar-refractivity contribution in [3.8, 4) is 11.5 Å². The van der Waals surface area contributed by atoms with Crippen LogP contribution in [0.15, 0.2) is 33.7 Å². The summed E-state index contributed by atoms with van der Waals surface area (Å²) in [5.41, 5.74) is -0.360. The third-order valence-corrected chi connectivity index (χ3v) is 2.19. The second-order valence-corrected chi connectivity index (χ2v) is 3.00. The lowest BCUT2D eigenvalue weighted by molar-refractivity contribution is 0.174. The Hall–Kier alpha value is -1.97. The van der Waals surface area contributed by atoms with Crippen LogP contribution in [-0.4, -0.2) is 6.79 Å². The highest BCUT2D eigenvalue weighted by atomic mass is 16.7. The summed E-state index contributed by atoms with van der Waals surface area (Å²) in [5, 5.41) is 1.31. The Morgan fingerprint density at radius 2 is 1.93 bits per heavy atom. The van der Waals surface area contributed by atoms with E-state index < -0.39 is 0 Å². The molecular weight excluding hydrogens is 184 g/mol. The summed E-state index contributed by atoms with van der Waals surface area (Å²) in [4.78, 5) is 11.3. The standard InChI is InChI=1S/C10H6O4/c11-10-7-4-9-8(13-5-14-9)3-6(7)1-2-12-10/h1-4H,5H2. The summed E-state index contributed by atoms with van der Waals surface area (Å²) in [7, 11) is 0. The summed E-state index contributed by atoms with van der Waals surface area (Å²) in [5.74, 6) is 1.26. The van der Waals surface area contributed by atoms with Gasteiger partial charge in [-0.05, 0) is 23.6 Å². The van der Waals surface area contributed by atoms with Crippen molar-refractivity contribution in [1.29, 1.82) is 0 Å². The van der Waals surface area contributed by atoms with Crippen LogP contribution in [0.25, 0.3) is 10.8 Å². The fourth-order valence-electron chi connectivity index (χ4n) is 1.50. The maximum Gasteiger partial charge on any atom is 0.343 e. The highest BCUT2D eigenvalue weighted by molar-refractivity contribution is 5.84. The minimum atomic E-state index is -0.360. The second-order valence-electron chi connectivity index (χ2n) is 3.00. The zero-order chi connectivity index (χ0) is 9.54. The van der Waals surface area contributed by atoms with Gasteiger partial charge in [-0.25, -0.2) is 4.79 Å². The molecule has 1 aromatic carbocycles. The van der Waals surface area contributed by atoms with Crippen LogP contribution in [0.5, 0.6) is 11.5 Å². The molecule has 4 heteroatoms. The van der Waals surface area contributed by atoms with Gasteiger partial charge in [0.05, 0.1) is 11.6 Å². The van der Waals surface area contributed by atoms with Gasteiger partial charge in [0, 0.05) is 0 Å². The van der Waals surface area contributed by atoms with Gasteiger partial charge in [0.1, 0.15) is 0 Å². The van der Waals surface area contributed by atoms with E-state index in [0.717, 1.165) is 5.39 Å². The molecule has 0 fully saturated rings. The van der Waals surface area contributed by atoms with Crippen molar-refractivity contribution in [2.45, 2.75) is 0 Å². The molecule has 0 atom stereocenters. The molecule has 14 heavy (non-hydrogen) atoms. The third kappa shape index (κ3) is 0.907. The number of hydrogen-bond donors (Lipinski definition) is 0. The molecule has 0 unspecified atom stereocenters. The minimum absolute atomic E-state index is 0.205. The van der Waals surface area contributed by atoms with E-state index in [-0.39, 0.29) is 12.4 Å². The van der Waals surface area contributed by atoms with E-state index in [9.17, 15) is 4.79 Å². The number of benzene rings is 1. The molecule has 1 aromatic heterocycles.